The van der Waals surface area contributed by atoms with Crippen molar-refractivity contribution < 1.29 is 23.8 Å². The van der Waals surface area contributed by atoms with Crippen LogP contribution in [-0.4, -0.2) is 24.3 Å². The lowest BCUT2D eigenvalue weighted by Crippen LogP contribution is -2.29. The number of rotatable bonds is 6. The lowest BCUT2D eigenvalue weighted by atomic mass is 10.1. The van der Waals surface area contributed by atoms with Crippen LogP contribution in [0.25, 0.3) is 0 Å². The first-order valence-electron chi connectivity index (χ1n) is 6.37. The van der Waals surface area contributed by atoms with Crippen LogP contribution in [0.5, 0.6) is 11.5 Å². The number of benzene rings is 2. The van der Waals surface area contributed by atoms with E-state index in [2.05, 4.69) is 0 Å². The number of carbonyl (C=O) groups is 1. The van der Waals surface area contributed by atoms with E-state index in [1.54, 1.807) is 42.5 Å². The molecule has 0 spiro atoms. The van der Waals surface area contributed by atoms with Gasteiger partial charge in [-0.2, -0.15) is 0 Å². The van der Waals surface area contributed by atoms with Crippen molar-refractivity contribution in [1.29, 1.82) is 0 Å². The third-order valence-corrected chi connectivity index (χ3v) is 2.96. The topological polar surface area (TPSA) is 55.8 Å². The molecule has 5 heteroatoms. The monoisotopic (exact) mass is 290 g/mol. The zero-order valence-electron chi connectivity index (χ0n) is 11.5. The Morgan fingerprint density at radius 2 is 1.90 bits per heavy atom. The summed E-state index contributed by atoms with van der Waals surface area (Å²) in [6, 6.07) is 12.7. The number of carboxylic acids is 1. The molecule has 2 aromatic rings. The fourth-order valence-electron chi connectivity index (χ4n) is 1.88. The molecule has 0 fully saturated rings. The van der Waals surface area contributed by atoms with Crippen LogP contribution in [-0.2, 0) is 11.2 Å². The molecule has 0 unspecified atom stereocenters. The Hall–Kier alpha value is -2.56. The van der Waals surface area contributed by atoms with Gasteiger partial charge in [0.25, 0.3) is 0 Å². The molecule has 110 valence electrons. The molecule has 2 rings (SSSR count). The Balaban J connectivity index is 2.16. The minimum absolute atomic E-state index is 0.0563. The second-order valence-electron chi connectivity index (χ2n) is 4.42. The van der Waals surface area contributed by atoms with Crippen LogP contribution in [0.4, 0.5) is 4.39 Å². The lowest BCUT2D eigenvalue weighted by molar-refractivity contribution is -0.145. The van der Waals surface area contributed by atoms with Crippen LogP contribution >= 0.6 is 0 Å². The number of hydrogen-bond acceptors (Lipinski definition) is 3. The molecule has 0 aliphatic rings. The second kappa shape index (κ2) is 6.74. The van der Waals surface area contributed by atoms with E-state index in [4.69, 9.17) is 9.47 Å². The molecule has 0 aliphatic heterocycles. The summed E-state index contributed by atoms with van der Waals surface area (Å²) < 4.78 is 24.1. The maximum atomic E-state index is 13.6. The molecular formula is C16H15FO4. The maximum Gasteiger partial charge on any atom is 0.345 e. The third kappa shape index (κ3) is 3.95. The zero-order valence-corrected chi connectivity index (χ0v) is 11.5. The van der Waals surface area contributed by atoms with Gasteiger partial charge < -0.3 is 14.6 Å². The molecule has 1 N–H and O–H groups in total. The van der Waals surface area contributed by atoms with Gasteiger partial charge in [0.2, 0.25) is 0 Å². The molecule has 0 saturated heterocycles. The quantitative estimate of drug-likeness (QED) is 0.888. The minimum Gasteiger partial charge on any atom is -0.497 e. The van der Waals surface area contributed by atoms with E-state index in [0.29, 0.717) is 17.1 Å². The van der Waals surface area contributed by atoms with Gasteiger partial charge >= 0.3 is 5.97 Å². The molecule has 0 saturated carbocycles. The molecule has 0 aromatic heterocycles. The van der Waals surface area contributed by atoms with E-state index in [-0.39, 0.29) is 6.42 Å². The number of ether oxygens (including phenoxy) is 2. The van der Waals surface area contributed by atoms with Gasteiger partial charge in [0.1, 0.15) is 17.3 Å². The molecule has 1 atom stereocenters. The Morgan fingerprint density at radius 1 is 1.19 bits per heavy atom. The van der Waals surface area contributed by atoms with Crippen molar-refractivity contribution in [2.45, 2.75) is 12.5 Å². The Labute approximate surface area is 121 Å². The highest BCUT2D eigenvalue weighted by atomic mass is 19.1. The molecule has 0 heterocycles. The van der Waals surface area contributed by atoms with Gasteiger partial charge in [-0.1, -0.05) is 24.3 Å². The Kier molecular flexibility index (Phi) is 4.77. The number of aliphatic carboxylic acids is 1. The largest absolute Gasteiger partial charge is 0.497 e. The second-order valence-corrected chi connectivity index (χ2v) is 4.42. The molecule has 4 nitrogen and oxygen atoms in total. The molecule has 21 heavy (non-hydrogen) atoms. The average Bonchev–Trinajstić information content (AvgIpc) is 2.49. The van der Waals surface area contributed by atoms with Crippen molar-refractivity contribution in [2.24, 2.45) is 0 Å². The first-order valence-corrected chi connectivity index (χ1v) is 6.37. The fourth-order valence-corrected chi connectivity index (χ4v) is 1.88. The van der Waals surface area contributed by atoms with E-state index in [1.807, 2.05) is 0 Å². The first-order chi connectivity index (χ1) is 10.1. The Morgan fingerprint density at radius 3 is 2.57 bits per heavy atom. The number of hydrogen-bond donors (Lipinski definition) is 1. The van der Waals surface area contributed by atoms with Crippen molar-refractivity contribution >= 4 is 5.97 Å². The summed E-state index contributed by atoms with van der Waals surface area (Å²) in [5.41, 5.74) is 0.299. The lowest BCUT2D eigenvalue weighted by Gasteiger charge is -2.16. The number of carboxylic acid groups (broad SMARTS) is 1. The van der Waals surface area contributed by atoms with Gasteiger partial charge in [-0.3, -0.25) is 0 Å². The number of methoxy groups -OCH3 is 1. The SMILES string of the molecule is COc1cccc(O[C@@H](Cc2ccccc2F)C(=O)O)c1. The van der Waals surface area contributed by atoms with Gasteiger partial charge in [0.15, 0.2) is 6.10 Å². The van der Waals surface area contributed by atoms with Gasteiger partial charge in [-0.25, -0.2) is 9.18 Å². The van der Waals surface area contributed by atoms with Crippen LogP contribution in [0, 0.1) is 5.82 Å². The summed E-state index contributed by atoms with van der Waals surface area (Å²) in [5.74, 6) is -0.681. The number of halogens is 1. The van der Waals surface area contributed by atoms with Crippen molar-refractivity contribution in [3.63, 3.8) is 0 Å². The molecule has 0 aliphatic carbocycles. The molecule has 2 aromatic carbocycles. The summed E-state index contributed by atoms with van der Waals surface area (Å²) in [6.45, 7) is 0. The standard InChI is InChI=1S/C16H15FO4/c1-20-12-6-4-7-13(10-12)21-15(16(18)19)9-11-5-2-3-8-14(11)17/h2-8,10,15H,9H2,1H3,(H,18,19)/t15-/m0/s1. The van der Waals surface area contributed by atoms with Crippen molar-refractivity contribution in [2.75, 3.05) is 7.11 Å². The van der Waals surface area contributed by atoms with Crippen LogP contribution < -0.4 is 9.47 Å². The molecule has 0 amide bonds. The first kappa shape index (κ1) is 14.8. The van der Waals surface area contributed by atoms with Crippen LogP contribution in [0.15, 0.2) is 48.5 Å². The van der Waals surface area contributed by atoms with E-state index < -0.39 is 17.9 Å². The minimum atomic E-state index is -1.17. The third-order valence-electron chi connectivity index (χ3n) is 2.96. The van der Waals surface area contributed by atoms with Crippen LogP contribution in [0.3, 0.4) is 0 Å². The molecule has 0 bridgehead atoms. The van der Waals surface area contributed by atoms with Gasteiger partial charge in [0, 0.05) is 12.5 Å². The fraction of sp³-hybridized carbons (Fsp3) is 0.188. The van der Waals surface area contributed by atoms with Gasteiger partial charge in [-0.15, -0.1) is 0 Å². The summed E-state index contributed by atoms with van der Waals surface area (Å²) >= 11 is 0. The molecular weight excluding hydrogens is 275 g/mol. The zero-order chi connectivity index (χ0) is 15.2. The van der Waals surface area contributed by atoms with Crippen molar-refractivity contribution in [1.82, 2.24) is 0 Å². The highest BCUT2D eigenvalue weighted by Crippen LogP contribution is 2.21. The van der Waals surface area contributed by atoms with Crippen LogP contribution in [0.2, 0.25) is 0 Å². The summed E-state index contributed by atoms with van der Waals surface area (Å²) in [7, 11) is 1.51. The molecule has 0 radical (unpaired) electrons. The normalized spacial score (nSPS) is 11.7. The summed E-state index contributed by atoms with van der Waals surface area (Å²) in [4.78, 5) is 11.3. The van der Waals surface area contributed by atoms with Crippen LogP contribution in [0.1, 0.15) is 5.56 Å². The highest BCUT2D eigenvalue weighted by molar-refractivity contribution is 5.73. The van der Waals surface area contributed by atoms with Gasteiger partial charge in [-0.05, 0) is 23.8 Å². The predicted molar refractivity (Wildman–Crippen MR) is 75.1 cm³/mol. The van der Waals surface area contributed by atoms with E-state index in [9.17, 15) is 14.3 Å². The highest BCUT2D eigenvalue weighted by Gasteiger charge is 2.21. The van der Waals surface area contributed by atoms with Gasteiger partial charge in [0.05, 0.1) is 7.11 Å². The van der Waals surface area contributed by atoms with Crippen molar-refractivity contribution in [3.05, 3.63) is 59.9 Å². The summed E-state index contributed by atoms with van der Waals surface area (Å²) in [5, 5.41) is 9.23. The smallest absolute Gasteiger partial charge is 0.345 e. The van der Waals surface area contributed by atoms with E-state index >= 15 is 0 Å². The Bertz CT molecular complexity index is 627. The average molecular weight is 290 g/mol. The maximum absolute atomic E-state index is 13.6. The summed E-state index contributed by atoms with van der Waals surface area (Å²) in [6.07, 6.45) is -1.23. The predicted octanol–water partition coefficient (Wildman–Crippen LogP) is 2.91. The van der Waals surface area contributed by atoms with Crippen molar-refractivity contribution in [3.8, 4) is 11.5 Å². The van der Waals surface area contributed by atoms with E-state index in [1.165, 1.54) is 13.2 Å². The van der Waals surface area contributed by atoms with E-state index in [0.717, 1.165) is 0 Å².